The van der Waals surface area contributed by atoms with Gasteiger partial charge in [0.15, 0.2) is 0 Å². The molecule has 6 nitrogen and oxygen atoms in total. The average Bonchev–Trinajstić information content (AvgIpc) is 3.42. The van der Waals surface area contributed by atoms with E-state index in [9.17, 15) is 19.8 Å². The van der Waals surface area contributed by atoms with Crippen LogP contribution >= 0.6 is 0 Å². The zero-order chi connectivity index (χ0) is 55.0. The van der Waals surface area contributed by atoms with E-state index < -0.39 is 12.1 Å². The second-order valence-electron chi connectivity index (χ2n) is 23.5. The predicted octanol–water partition coefficient (Wildman–Crippen LogP) is 21.9. The van der Waals surface area contributed by atoms with E-state index in [0.717, 1.165) is 44.9 Å². The molecule has 0 aromatic heterocycles. The number of allylic oxidation sites excluding steroid dienone is 5. The molecule has 2 unspecified atom stereocenters. The highest BCUT2D eigenvalue weighted by Gasteiger charge is 2.18. The van der Waals surface area contributed by atoms with Gasteiger partial charge < -0.3 is 20.3 Å². The number of amides is 1. The van der Waals surface area contributed by atoms with Gasteiger partial charge in [0.2, 0.25) is 5.91 Å². The van der Waals surface area contributed by atoms with E-state index in [1.165, 1.54) is 302 Å². The fraction of sp³-hybridized carbons (Fsp3) is 0.886. The van der Waals surface area contributed by atoms with Crippen LogP contribution in [0.1, 0.15) is 373 Å². The molecule has 0 aromatic rings. The molecule has 0 saturated heterocycles. The summed E-state index contributed by atoms with van der Waals surface area (Å²) in [5.74, 6) is -0.0588. The number of nitrogens with one attached hydrogen (secondary N) is 1. The van der Waals surface area contributed by atoms with Crippen LogP contribution in [0.15, 0.2) is 36.5 Å². The van der Waals surface area contributed by atoms with E-state index in [4.69, 9.17) is 4.74 Å². The first kappa shape index (κ1) is 74.1. The van der Waals surface area contributed by atoms with Crippen molar-refractivity contribution in [1.82, 2.24) is 5.32 Å². The smallest absolute Gasteiger partial charge is 0.305 e. The van der Waals surface area contributed by atoms with Crippen molar-refractivity contribution >= 4 is 11.9 Å². The third-order valence-corrected chi connectivity index (χ3v) is 15.9. The van der Waals surface area contributed by atoms with E-state index in [1.807, 2.05) is 6.08 Å². The van der Waals surface area contributed by atoms with Gasteiger partial charge in [-0.2, -0.15) is 0 Å². The number of ether oxygens (including phenoxy) is 1. The molecule has 0 aliphatic rings. The van der Waals surface area contributed by atoms with E-state index in [0.29, 0.717) is 19.4 Å². The molecule has 0 aliphatic carbocycles. The van der Waals surface area contributed by atoms with Gasteiger partial charge in [0.25, 0.3) is 0 Å². The SMILES string of the molecule is CCCCCC/C=C\CCCCCCCC(=O)OCCCCCCCCCCCCCC/C=C\CCCCCCCCCCCCCCC(=O)NC(CO)C(O)/C=C/CCCCCCCCCCCCCCCCCC. The number of rotatable bonds is 64. The number of unbranched alkanes of at least 4 members (excludes halogenated alkanes) is 49. The van der Waals surface area contributed by atoms with Crippen LogP contribution in [0.4, 0.5) is 0 Å². The van der Waals surface area contributed by atoms with Crippen LogP contribution in [-0.2, 0) is 14.3 Å². The fourth-order valence-electron chi connectivity index (χ4n) is 10.6. The van der Waals surface area contributed by atoms with Crippen molar-refractivity contribution in [2.75, 3.05) is 13.2 Å². The topological polar surface area (TPSA) is 95.9 Å². The van der Waals surface area contributed by atoms with E-state index >= 15 is 0 Å². The number of carbonyl (C=O) groups excluding carboxylic acids is 2. The molecule has 6 heteroatoms. The van der Waals surface area contributed by atoms with Crippen molar-refractivity contribution in [3.8, 4) is 0 Å². The predicted molar refractivity (Wildman–Crippen MR) is 333 cm³/mol. The summed E-state index contributed by atoms with van der Waals surface area (Å²) in [7, 11) is 0. The lowest BCUT2D eigenvalue weighted by Gasteiger charge is -2.20. The highest BCUT2D eigenvalue weighted by Crippen LogP contribution is 2.18. The first-order valence-electron chi connectivity index (χ1n) is 34.3. The summed E-state index contributed by atoms with van der Waals surface area (Å²) < 4.78 is 5.48. The van der Waals surface area contributed by atoms with Crippen molar-refractivity contribution in [3.63, 3.8) is 0 Å². The van der Waals surface area contributed by atoms with E-state index in [1.54, 1.807) is 6.08 Å². The van der Waals surface area contributed by atoms with Crippen molar-refractivity contribution in [1.29, 1.82) is 0 Å². The second kappa shape index (κ2) is 65.6. The van der Waals surface area contributed by atoms with Gasteiger partial charge in [-0.05, 0) is 83.5 Å². The maximum absolute atomic E-state index is 12.5. The quantitative estimate of drug-likeness (QED) is 0.0320. The number of hydrogen-bond acceptors (Lipinski definition) is 5. The Bertz CT molecular complexity index is 1230. The molecule has 0 aromatic carbocycles. The summed E-state index contributed by atoms with van der Waals surface area (Å²) in [5, 5.41) is 23.2. The fourth-order valence-corrected chi connectivity index (χ4v) is 10.6. The lowest BCUT2D eigenvalue weighted by molar-refractivity contribution is -0.143. The molecular formula is C70H133NO5. The Balaban J connectivity index is 3.40. The van der Waals surface area contributed by atoms with Crippen molar-refractivity contribution in [3.05, 3.63) is 36.5 Å². The van der Waals surface area contributed by atoms with Gasteiger partial charge in [0, 0.05) is 12.8 Å². The summed E-state index contributed by atoms with van der Waals surface area (Å²) in [6.07, 6.45) is 83.6. The standard InChI is InChI=1S/C70H133NO5/c1-3-5-7-9-11-13-15-17-18-19-32-35-39-42-46-50-54-58-62-68(73)67(66-72)71-69(74)63-59-55-51-47-43-40-36-33-30-28-26-24-22-20-21-23-25-27-29-31-34-37-41-45-49-53-57-61-65-76-70(75)64-60-56-52-48-44-38-16-14-12-10-8-6-4-2/h14,16,20-21,58,62,67-68,72-73H,3-13,15,17-19,22-57,59-61,63-66H2,1-2H3,(H,71,74)/b16-14-,21-20-,62-58+. The minimum absolute atomic E-state index is 0.00642. The highest BCUT2D eigenvalue weighted by molar-refractivity contribution is 5.76. The molecule has 0 saturated carbocycles. The molecule has 0 rings (SSSR count). The zero-order valence-corrected chi connectivity index (χ0v) is 51.3. The summed E-state index contributed by atoms with van der Waals surface area (Å²) in [4.78, 5) is 24.5. The number of esters is 1. The summed E-state index contributed by atoms with van der Waals surface area (Å²) >= 11 is 0. The van der Waals surface area contributed by atoms with Gasteiger partial charge >= 0.3 is 5.97 Å². The molecular weight excluding hydrogens is 935 g/mol. The van der Waals surface area contributed by atoms with Gasteiger partial charge in [0.1, 0.15) is 0 Å². The molecule has 0 bridgehead atoms. The zero-order valence-electron chi connectivity index (χ0n) is 51.3. The Morgan fingerprint density at radius 1 is 0.355 bits per heavy atom. The Morgan fingerprint density at radius 3 is 0.947 bits per heavy atom. The van der Waals surface area contributed by atoms with Crippen LogP contribution in [-0.4, -0.2) is 47.4 Å². The van der Waals surface area contributed by atoms with Crippen LogP contribution in [0.25, 0.3) is 0 Å². The van der Waals surface area contributed by atoms with Gasteiger partial charge in [0.05, 0.1) is 25.4 Å². The lowest BCUT2D eigenvalue weighted by atomic mass is 10.0. The minimum atomic E-state index is -0.845. The summed E-state index contributed by atoms with van der Waals surface area (Å²) in [5.41, 5.74) is 0. The molecule has 0 spiro atoms. The molecule has 0 aliphatic heterocycles. The third-order valence-electron chi connectivity index (χ3n) is 15.9. The molecule has 3 N–H and O–H groups in total. The lowest BCUT2D eigenvalue weighted by Crippen LogP contribution is -2.45. The molecule has 0 fully saturated rings. The van der Waals surface area contributed by atoms with Gasteiger partial charge in [-0.25, -0.2) is 0 Å². The van der Waals surface area contributed by atoms with Gasteiger partial charge in [-0.3, -0.25) is 9.59 Å². The minimum Gasteiger partial charge on any atom is -0.466 e. The third kappa shape index (κ3) is 61.3. The molecule has 2 atom stereocenters. The molecule has 0 radical (unpaired) electrons. The Hall–Kier alpha value is -1.92. The summed E-state index contributed by atoms with van der Waals surface area (Å²) in [6, 6.07) is -0.628. The number of aliphatic hydroxyl groups excluding tert-OH is 2. The highest BCUT2D eigenvalue weighted by atomic mass is 16.5. The van der Waals surface area contributed by atoms with Crippen molar-refractivity contribution in [2.45, 2.75) is 386 Å². The van der Waals surface area contributed by atoms with Crippen molar-refractivity contribution < 1.29 is 24.5 Å². The van der Waals surface area contributed by atoms with E-state index in [-0.39, 0.29) is 18.5 Å². The van der Waals surface area contributed by atoms with Gasteiger partial charge in [-0.15, -0.1) is 0 Å². The summed E-state index contributed by atoms with van der Waals surface area (Å²) in [6.45, 7) is 4.91. The maximum Gasteiger partial charge on any atom is 0.305 e. The number of carbonyl (C=O) groups is 2. The second-order valence-corrected chi connectivity index (χ2v) is 23.5. The van der Waals surface area contributed by atoms with Crippen LogP contribution in [0.5, 0.6) is 0 Å². The Morgan fingerprint density at radius 2 is 0.618 bits per heavy atom. The number of aliphatic hydroxyl groups is 2. The van der Waals surface area contributed by atoms with Crippen LogP contribution in [0, 0.1) is 0 Å². The van der Waals surface area contributed by atoms with Crippen LogP contribution < -0.4 is 5.32 Å². The molecule has 1 amide bonds. The monoisotopic (exact) mass is 1070 g/mol. The number of hydrogen-bond donors (Lipinski definition) is 3. The van der Waals surface area contributed by atoms with Crippen molar-refractivity contribution in [2.24, 2.45) is 0 Å². The molecule has 0 heterocycles. The average molecular weight is 1070 g/mol. The maximum atomic E-state index is 12.5. The first-order chi connectivity index (χ1) is 37.5. The largest absolute Gasteiger partial charge is 0.466 e. The Kier molecular flexibility index (Phi) is 63.9. The van der Waals surface area contributed by atoms with E-state index in [2.05, 4.69) is 43.5 Å². The van der Waals surface area contributed by atoms with Crippen LogP contribution in [0.2, 0.25) is 0 Å². The van der Waals surface area contributed by atoms with Crippen LogP contribution in [0.3, 0.4) is 0 Å². The molecule has 76 heavy (non-hydrogen) atoms. The normalized spacial score (nSPS) is 12.7. The Labute approximate surface area is 474 Å². The first-order valence-corrected chi connectivity index (χ1v) is 34.3. The van der Waals surface area contributed by atoms with Gasteiger partial charge in [-0.1, -0.05) is 314 Å². The molecule has 448 valence electrons.